The van der Waals surface area contributed by atoms with Crippen LogP contribution in [0.5, 0.6) is 5.75 Å². The van der Waals surface area contributed by atoms with Gasteiger partial charge in [0.25, 0.3) is 5.91 Å². The number of benzene rings is 3. The summed E-state index contributed by atoms with van der Waals surface area (Å²) in [6.45, 7) is -0.237. The molecule has 0 spiro atoms. The molecule has 0 atom stereocenters. The molecule has 1 amide bonds. The molecule has 0 unspecified atom stereocenters. The molecule has 0 bridgehead atoms. The number of rotatable bonds is 5. The maximum Gasteiger partial charge on any atom is 0.262 e. The van der Waals surface area contributed by atoms with Gasteiger partial charge in [-0.3, -0.25) is 4.79 Å². The molecule has 0 aliphatic heterocycles. The van der Waals surface area contributed by atoms with Crippen LogP contribution in [0.3, 0.4) is 0 Å². The molecule has 1 N–H and O–H groups in total. The fraction of sp³-hybridized carbons (Fsp3) is 0.0500. The minimum Gasteiger partial charge on any atom is -0.482 e. The Bertz CT molecular complexity index is 932. The topological polar surface area (TPSA) is 38.3 Å². The fourth-order valence-electron chi connectivity index (χ4n) is 2.34. The van der Waals surface area contributed by atoms with Crippen LogP contribution in [0.1, 0.15) is 0 Å². The van der Waals surface area contributed by atoms with Crippen molar-refractivity contribution >= 4 is 34.8 Å². The van der Waals surface area contributed by atoms with E-state index in [1.54, 1.807) is 12.1 Å². The molecule has 0 aliphatic rings. The van der Waals surface area contributed by atoms with Crippen molar-refractivity contribution in [2.45, 2.75) is 0 Å². The molecular formula is C20H14Cl2FNO2. The number of nitrogens with one attached hydrogen (secondary N) is 1. The first kappa shape index (κ1) is 18.2. The van der Waals surface area contributed by atoms with Crippen LogP contribution < -0.4 is 10.1 Å². The average Bonchev–Trinajstić information content (AvgIpc) is 2.64. The molecule has 3 aromatic carbocycles. The van der Waals surface area contributed by atoms with Gasteiger partial charge >= 0.3 is 0 Å². The fourth-order valence-corrected chi connectivity index (χ4v) is 2.76. The number of halogens is 3. The van der Waals surface area contributed by atoms with Gasteiger partial charge in [0.2, 0.25) is 0 Å². The van der Waals surface area contributed by atoms with E-state index in [1.165, 1.54) is 18.2 Å². The summed E-state index contributed by atoms with van der Waals surface area (Å²) >= 11 is 11.9. The molecule has 0 saturated heterocycles. The summed E-state index contributed by atoms with van der Waals surface area (Å²) in [7, 11) is 0. The van der Waals surface area contributed by atoms with Crippen LogP contribution in [-0.4, -0.2) is 12.5 Å². The van der Waals surface area contributed by atoms with Crippen LogP contribution in [0.2, 0.25) is 10.0 Å². The van der Waals surface area contributed by atoms with E-state index in [0.717, 1.165) is 11.1 Å². The lowest BCUT2D eigenvalue weighted by Crippen LogP contribution is -2.20. The molecule has 0 heterocycles. The zero-order chi connectivity index (χ0) is 18.5. The number of hydrogen-bond donors (Lipinski definition) is 1. The van der Waals surface area contributed by atoms with Gasteiger partial charge in [0.15, 0.2) is 6.61 Å². The molecule has 3 nitrogen and oxygen atoms in total. The number of amides is 1. The Hall–Kier alpha value is -2.56. The smallest absolute Gasteiger partial charge is 0.262 e. The maximum absolute atomic E-state index is 13.1. The second kappa shape index (κ2) is 8.21. The second-order valence-electron chi connectivity index (χ2n) is 5.48. The number of hydrogen-bond acceptors (Lipinski definition) is 2. The molecule has 0 radical (unpaired) electrons. The summed E-state index contributed by atoms with van der Waals surface area (Å²) in [5, 5.41) is 2.92. The first-order chi connectivity index (χ1) is 12.5. The lowest BCUT2D eigenvalue weighted by Gasteiger charge is -2.10. The first-order valence-corrected chi connectivity index (χ1v) is 8.51. The van der Waals surface area contributed by atoms with Gasteiger partial charge in [-0.15, -0.1) is 0 Å². The van der Waals surface area contributed by atoms with Crippen LogP contribution in [0, 0.1) is 5.82 Å². The minimum absolute atomic E-state index is 0.0664. The molecule has 26 heavy (non-hydrogen) atoms. The summed E-state index contributed by atoms with van der Waals surface area (Å²) in [6.07, 6.45) is 0. The maximum atomic E-state index is 13.1. The molecule has 0 aliphatic carbocycles. The van der Waals surface area contributed by atoms with Crippen molar-refractivity contribution in [3.05, 3.63) is 82.6 Å². The summed E-state index contributed by atoms with van der Waals surface area (Å²) in [4.78, 5) is 12.0. The van der Waals surface area contributed by atoms with Crippen LogP contribution >= 0.6 is 23.2 Å². The van der Waals surface area contributed by atoms with Gasteiger partial charge in [0.1, 0.15) is 11.6 Å². The van der Waals surface area contributed by atoms with Crippen molar-refractivity contribution in [1.82, 2.24) is 0 Å². The van der Waals surface area contributed by atoms with Gasteiger partial charge in [-0.2, -0.15) is 0 Å². The van der Waals surface area contributed by atoms with Crippen molar-refractivity contribution < 1.29 is 13.9 Å². The number of ether oxygens (including phenoxy) is 1. The van der Waals surface area contributed by atoms with Crippen molar-refractivity contribution in [2.24, 2.45) is 0 Å². The third kappa shape index (κ3) is 4.54. The molecule has 0 fully saturated rings. The van der Waals surface area contributed by atoms with Crippen LogP contribution in [0.15, 0.2) is 66.7 Å². The normalized spacial score (nSPS) is 10.4. The SMILES string of the molecule is O=C(COc1ccc(-c2ccccc2)cc1Cl)Nc1ccc(F)c(Cl)c1. The van der Waals surface area contributed by atoms with E-state index >= 15 is 0 Å². The van der Waals surface area contributed by atoms with E-state index in [9.17, 15) is 9.18 Å². The van der Waals surface area contributed by atoms with E-state index in [2.05, 4.69) is 5.32 Å². The number of carbonyl (C=O) groups excluding carboxylic acids is 1. The summed E-state index contributed by atoms with van der Waals surface area (Å²) in [5.74, 6) is -0.555. The zero-order valence-corrected chi connectivity index (χ0v) is 15.0. The molecule has 6 heteroatoms. The Labute approximate surface area is 160 Å². The third-order valence-corrected chi connectivity index (χ3v) is 4.19. The molecule has 0 aromatic heterocycles. The van der Waals surface area contributed by atoms with Gasteiger partial charge < -0.3 is 10.1 Å². The van der Waals surface area contributed by atoms with Crippen molar-refractivity contribution in [1.29, 1.82) is 0 Å². The van der Waals surface area contributed by atoms with Gasteiger partial charge in [0, 0.05) is 5.69 Å². The third-order valence-electron chi connectivity index (χ3n) is 3.60. The van der Waals surface area contributed by atoms with Crippen LogP contribution in [-0.2, 0) is 4.79 Å². The van der Waals surface area contributed by atoms with E-state index < -0.39 is 11.7 Å². The van der Waals surface area contributed by atoms with Gasteiger partial charge in [-0.25, -0.2) is 4.39 Å². The highest BCUT2D eigenvalue weighted by molar-refractivity contribution is 6.32. The standard InChI is InChI=1S/C20H14Cl2FNO2/c21-16-11-15(7-8-18(16)23)24-20(25)12-26-19-9-6-14(10-17(19)22)13-4-2-1-3-5-13/h1-11H,12H2,(H,24,25). The summed E-state index contributed by atoms with van der Waals surface area (Å²) in [6, 6.07) is 19.1. The predicted molar refractivity (Wildman–Crippen MR) is 102 cm³/mol. The molecule has 0 saturated carbocycles. The molecule has 3 aromatic rings. The Morgan fingerprint density at radius 1 is 0.923 bits per heavy atom. The Kier molecular flexibility index (Phi) is 5.76. The van der Waals surface area contributed by atoms with E-state index in [0.29, 0.717) is 16.5 Å². The lowest BCUT2D eigenvalue weighted by atomic mass is 10.1. The van der Waals surface area contributed by atoms with Gasteiger partial charge in [0.05, 0.1) is 10.0 Å². The Morgan fingerprint density at radius 2 is 1.69 bits per heavy atom. The van der Waals surface area contributed by atoms with E-state index in [-0.39, 0.29) is 11.6 Å². The highest BCUT2D eigenvalue weighted by atomic mass is 35.5. The predicted octanol–water partition coefficient (Wildman–Crippen LogP) is 5.82. The van der Waals surface area contributed by atoms with E-state index in [4.69, 9.17) is 27.9 Å². The second-order valence-corrected chi connectivity index (χ2v) is 6.29. The summed E-state index contributed by atoms with van der Waals surface area (Å²) in [5.41, 5.74) is 2.37. The molecule has 132 valence electrons. The number of anilines is 1. The Balaban J connectivity index is 1.62. The average molecular weight is 390 g/mol. The Morgan fingerprint density at radius 3 is 2.38 bits per heavy atom. The van der Waals surface area contributed by atoms with Gasteiger partial charge in [-0.1, -0.05) is 59.6 Å². The summed E-state index contributed by atoms with van der Waals surface area (Å²) < 4.78 is 18.6. The van der Waals surface area contributed by atoms with Crippen molar-refractivity contribution in [3.8, 4) is 16.9 Å². The van der Waals surface area contributed by atoms with Crippen molar-refractivity contribution in [3.63, 3.8) is 0 Å². The quantitative estimate of drug-likeness (QED) is 0.597. The minimum atomic E-state index is -0.550. The van der Waals surface area contributed by atoms with Crippen LogP contribution in [0.4, 0.5) is 10.1 Å². The molecular weight excluding hydrogens is 376 g/mol. The monoisotopic (exact) mass is 389 g/mol. The van der Waals surface area contributed by atoms with Gasteiger partial charge in [-0.05, 0) is 41.5 Å². The van der Waals surface area contributed by atoms with Crippen molar-refractivity contribution in [2.75, 3.05) is 11.9 Å². The van der Waals surface area contributed by atoms with Crippen LogP contribution in [0.25, 0.3) is 11.1 Å². The zero-order valence-electron chi connectivity index (χ0n) is 13.5. The van der Waals surface area contributed by atoms with E-state index in [1.807, 2.05) is 36.4 Å². The lowest BCUT2D eigenvalue weighted by molar-refractivity contribution is -0.118. The highest BCUT2D eigenvalue weighted by Gasteiger charge is 2.09. The molecule has 3 rings (SSSR count). The highest BCUT2D eigenvalue weighted by Crippen LogP contribution is 2.30. The first-order valence-electron chi connectivity index (χ1n) is 7.75. The largest absolute Gasteiger partial charge is 0.482 e. The number of carbonyl (C=O) groups is 1.